The molecule has 1 heterocycles. The fourth-order valence-corrected chi connectivity index (χ4v) is 3.35. The van der Waals surface area contributed by atoms with Crippen LogP contribution >= 0.6 is 0 Å². The summed E-state index contributed by atoms with van der Waals surface area (Å²) in [6, 6.07) is 0. The van der Waals surface area contributed by atoms with E-state index in [-0.39, 0.29) is 0 Å². The third-order valence-electron chi connectivity index (χ3n) is 4.81. The first-order valence-electron chi connectivity index (χ1n) is 9.18. The van der Waals surface area contributed by atoms with Crippen molar-refractivity contribution < 1.29 is 4.74 Å². The number of nitrogens with zero attached hydrogens (tertiary/aromatic N) is 2. The smallest absolute Gasteiger partial charge is 0.188 e. The van der Waals surface area contributed by atoms with E-state index in [1.807, 2.05) is 0 Å². The largest absolute Gasteiger partial charge is 0.379 e. The number of morpholine rings is 1. The molecule has 0 aromatic carbocycles. The van der Waals surface area contributed by atoms with E-state index in [2.05, 4.69) is 15.2 Å². The minimum absolute atomic E-state index is 0.629. The fourth-order valence-electron chi connectivity index (χ4n) is 3.35. The average Bonchev–Trinajstić information content (AvgIpc) is 2.51. The summed E-state index contributed by atoms with van der Waals surface area (Å²) in [5.74, 6) is 1.37. The summed E-state index contributed by atoms with van der Waals surface area (Å²) in [6.07, 6.45) is 10.7. The van der Waals surface area contributed by atoms with Gasteiger partial charge in [-0.25, -0.2) is 0 Å². The van der Waals surface area contributed by atoms with Crippen LogP contribution in [0, 0.1) is 5.92 Å². The molecule has 0 unspecified atom stereocenters. The molecule has 2 rings (SSSR count). The third-order valence-corrected chi connectivity index (χ3v) is 4.81. The van der Waals surface area contributed by atoms with Crippen LogP contribution in [0.4, 0.5) is 0 Å². The molecule has 0 aromatic heterocycles. The van der Waals surface area contributed by atoms with Gasteiger partial charge >= 0.3 is 0 Å². The topological polar surface area (TPSA) is 62.9 Å². The number of nitrogens with one attached hydrogen (secondary N) is 1. The Kier molecular flexibility index (Phi) is 8.64. The van der Waals surface area contributed by atoms with Crippen molar-refractivity contribution in [2.75, 3.05) is 45.9 Å². The van der Waals surface area contributed by atoms with E-state index in [0.29, 0.717) is 5.96 Å². The van der Waals surface area contributed by atoms with E-state index in [0.717, 1.165) is 58.3 Å². The molecule has 1 saturated heterocycles. The van der Waals surface area contributed by atoms with E-state index in [1.54, 1.807) is 0 Å². The second-order valence-electron chi connectivity index (χ2n) is 6.67. The van der Waals surface area contributed by atoms with E-state index in [1.165, 1.54) is 44.9 Å². The lowest BCUT2D eigenvalue weighted by molar-refractivity contribution is 0.0376. The summed E-state index contributed by atoms with van der Waals surface area (Å²) in [6.45, 7) is 6.80. The Hall–Kier alpha value is -0.810. The van der Waals surface area contributed by atoms with Crippen molar-refractivity contribution in [3.63, 3.8) is 0 Å². The maximum absolute atomic E-state index is 5.99. The van der Waals surface area contributed by atoms with Gasteiger partial charge in [-0.2, -0.15) is 0 Å². The summed E-state index contributed by atoms with van der Waals surface area (Å²) < 4.78 is 5.35. The molecular weight excluding hydrogens is 276 g/mol. The van der Waals surface area contributed by atoms with Crippen LogP contribution in [-0.4, -0.2) is 56.8 Å². The molecule has 0 atom stereocenters. The molecule has 0 radical (unpaired) electrons. The minimum atomic E-state index is 0.629. The van der Waals surface area contributed by atoms with E-state index < -0.39 is 0 Å². The molecular formula is C17H34N4O. The highest BCUT2D eigenvalue weighted by Gasteiger charge is 2.11. The minimum Gasteiger partial charge on any atom is -0.379 e. The number of ether oxygens (including phenoxy) is 1. The van der Waals surface area contributed by atoms with Crippen molar-refractivity contribution in [3.8, 4) is 0 Å². The van der Waals surface area contributed by atoms with Crippen LogP contribution in [0.3, 0.4) is 0 Å². The van der Waals surface area contributed by atoms with Gasteiger partial charge in [0, 0.05) is 26.2 Å². The predicted molar refractivity (Wildman–Crippen MR) is 92.2 cm³/mol. The van der Waals surface area contributed by atoms with E-state index >= 15 is 0 Å². The lowest BCUT2D eigenvalue weighted by atomic mass is 9.91. The predicted octanol–water partition coefficient (Wildman–Crippen LogP) is 1.97. The Balaban J connectivity index is 1.54. The lowest BCUT2D eigenvalue weighted by Gasteiger charge is -2.26. The van der Waals surface area contributed by atoms with Crippen LogP contribution in [-0.2, 0) is 4.74 Å². The maximum Gasteiger partial charge on any atom is 0.188 e. The van der Waals surface area contributed by atoms with Crippen LogP contribution in [0.1, 0.15) is 51.4 Å². The summed E-state index contributed by atoms with van der Waals surface area (Å²) in [5, 5.41) is 3.26. The third kappa shape index (κ3) is 7.45. The van der Waals surface area contributed by atoms with Crippen molar-refractivity contribution in [2.24, 2.45) is 16.6 Å². The van der Waals surface area contributed by atoms with E-state index in [4.69, 9.17) is 10.5 Å². The normalized spacial score (nSPS) is 23.0. The summed E-state index contributed by atoms with van der Waals surface area (Å²) in [4.78, 5) is 7.01. The molecule has 5 heteroatoms. The summed E-state index contributed by atoms with van der Waals surface area (Å²) in [7, 11) is 0. The van der Waals surface area contributed by atoms with Gasteiger partial charge in [-0.15, -0.1) is 0 Å². The van der Waals surface area contributed by atoms with Crippen molar-refractivity contribution in [1.82, 2.24) is 10.2 Å². The molecule has 0 aromatic rings. The molecule has 128 valence electrons. The number of guanidine groups is 1. The molecule has 22 heavy (non-hydrogen) atoms. The Morgan fingerprint density at radius 3 is 2.50 bits per heavy atom. The van der Waals surface area contributed by atoms with Gasteiger partial charge in [0.2, 0.25) is 0 Å². The lowest BCUT2D eigenvalue weighted by Crippen LogP contribution is -2.39. The van der Waals surface area contributed by atoms with Crippen molar-refractivity contribution in [3.05, 3.63) is 0 Å². The second kappa shape index (κ2) is 10.8. The van der Waals surface area contributed by atoms with Crippen LogP contribution in [0.15, 0.2) is 4.99 Å². The van der Waals surface area contributed by atoms with Crippen molar-refractivity contribution >= 4 is 5.96 Å². The quantitative estimate of drug-likeness (QED) is 0.447. The van der Waals surface area contributed by atoms with E-state index in [9.17, 15) is 0 Å². The van der Waals surface area contributed by atoms with Crippen LogP contribution in [0.25, 0.3) is 0 Å². The second-order valence-corrected chi connectivity index (χ2v) is 6.67. The molecule has 1 aliphatic heterocycles. The molecule has 0 amide bonds. The zero-order valence-electron chi connectivity index (χ0n) is 14.1. The van der Waals surface area contributed by atoms with Crippen LogP contribution in [0.5, 0.6) is 0 Å². The van der Waals surface area contributed by atoms with Gasteiger partial charge in [0.15, 0.2) is 5.96 Å². The number of nitrogens with two attached hydrogens (primary N) is 1. The molecule has 0 spiro atoms. The Bertz CT molecular complexity index is 308. The number of hydrogen-bond acceptors (Lipinski definition) is 3. The summed E-state index contributed by atoms with van der Waals surface area (Å²) in [5.41, 5.74) is 5.99. The monoisotopic (exact) mass is 310 g/mol. The highest BCUT2D eigenvalue weighted by Crippen LogP contribution is 2.22. The summed E-state index contributed by atoms with van der Waals surface area (Å²) >= 11 is 0. The first-order chi connectivity index (χ1) is 10.8. The number of rotatable bonds is 6. The highest BCUT2D eigenvalue weighted by molar-refractivity contribution is 5.77. The highest BCUT2D eigenvalue weighted by atomic mass is 16.5. The van der Waals surface area contributed by atoms with Crippen LogP contribution < -0.4 is 11.1 Å². The molecule has 1 aliphatic carbocycles. The molecule has 3 N–H and O–H groups in total. The maximum atomic E-state index is 5.99. The zero-order chi connectivity index (χ0) is 15.5. The van der Waals surface area contributed by atoms with Gasteiger partial charge in [0.05, 0.1) is 13.2 Å². The van der Waals surface area contributed by atoms with Crippen LogP contribution in [0.2, 0.25) is 0 Å². The van der Waals surface area contributed by atoms with Gasteiger partial charge in [-0.1, -0.05) is 32.1 Å². The first-order valence-corrected chi connectivity index (χ1v) is 9.18. The van der Waals surface area contributed by atoms with Gasteiger partial charge in [-0.3, -0.25) is 9.89 Å². The van der Waals surface area contributed by atoms with Gasteiger partial charge in [0.1, 0.15) is 0 Å². The molecule has 1 saturated carbocycles. The Morgan fingerprint density at radius 2 is 1.77 bits per heavy atom. The first kappa shape index (κ1) is 17.5. The fraction of sp³-hybridized carbons (Fsp3) is 0.941. The number of hydrogen-bond donors (Lipinski definition) is 2. The molecule has 0 bridgehead atoms. The zero-order valence-corrected chi connectivity index (χ0v) is 14.1. The van der Waals surface area contributed by atoms with Gasteiger partial charge in [-0.05, 0) is 31.7 Å². The Labute approximate surface area is 135 Å². The average molecular weight is 310 g/mol. The Morgan fingerprint density at radius 1 is 1.09 bits per heavy atom. The SMILES string of the molecule is NC(=NCC1CCCCCCC1)NCCCN1CCOCC1. The molecule has 2 aliphatic rings. The van der Waals surface area contributed by atoms with Crippen molar-refractivity contribution in [1.29, 1.82) is 0 Å². The van der Waals surface area contributed by atoms with Crippen molar-refractivity contribution in [2.45, 2.75) is 51.4 Å². The standard InChI is InChI=1S/C17H34N4O/c18-17(19-9-6-10-21-11-13-22-14-12-21)20-15-16-7-4-2-1-3-5-8-16/h16H,1-15H2,(H3,18,19,20). The molecule has 2 fully saturated rings. The molecule has 5 nitrogen and oxygen atoms in total. The van der Waals surface area contributed by atoms with Gasteiger partial charge in [0.25, 0.3) is 0 Å². The van der Waals surface area contributed by atoms with Gasteiger partial charge < -0.3 is 15.8 Å². The number of aliphatic imine (C=N–C) groups is 1.